The Labute approximate surface area is 165 Å². The summed E-state index contributed by atoms with van der Waals surface area (Å²) in [4.78, 5) is 34.1. The first kappa shape index (κ1) is 18.7. The second-order valence-electron chi connectivity index (χ2n) is 7.82. The maximum absolute atomic E-state index is 13.0. The summed E-state index contributed by atoms with van der Waals surface area (Å²) >= 11 is 0. The molecule has 2 aromatic rings. The molecule has 2 amide bonds. The molecule has 4 heterocycles. The van der Waals surface area contributed by atoms with Crippen molar-refractivity contribution in [3.05, 3.63) is 41.8 Å². The van der Waals surface area contributed by atoms with Crippen LogP contribution in [0, 0.1) is 12.8 Å². The fourth-order valence-corrected chi connectivity index (χ4v) is 4.33. The lowest BCUT2D eigenvalue weighted by molar-refractivity contribution is -0.139. The van der Waals surface area contributed by atoms with Crippen molar-refractivity contribution < 1.29 is 14.0 Å². The summed E-state index contributed by atoms with van der Waals surface area (Å²) in [6, 6.07) is 9.85. The van der Waals surface area contributed by atoms with Crippen molar-refractivity contribution in [1.29, 1.82) is 0 Å². The standard InChI is InChI=1S/C22H27N3O3/c1-3-11-25-18-10-9-17(22(25)27)13-24(14-18)20(26)12-19-15(2)28-21(23-19)16-7-5-4-6-8-16/h4-8,17-18H,3,9-14H2,1-2H3. The van der Waals surface area contributed by atoms with Crippen LogP contribution in [0.1, 0.15) is 37.6 Å². The molecule has 0 N–H and O–H groups in total. The molecule has 0 saturated carbocycles. The number of amides is 2. The highest BCUT2D eigenvalue weighted by atomic mass is 16.4. The Balaban J connectivity index is 1.49. The predicted octanol–water partition coefficient (Wildman–Crippen LogP) is 3.05. The molecule has 3 fully saturated rings. The smallest absolute Gasteiger partial charge is 0.228 e. The third kappa shape index (κ3) is 3.55. The summed E-state index contributed by atoms with van der Waals surface area (Å²) in [5, 5.41) is 0. The van der Waals surface area contributed by atoms with E-state index < -0.39 is 0 Å². The third-order valence-electron chi connectivity index (χ3n) is 5.84. The van der Waals surface area contributed by atoms with Crippen LogP contribution in [0.5, 0.6) is 0 Å². The Bertz CT molecular complexity index is 861. The Hall–Kier alpha value is -2.63. The minimum absolute atomic E-state index is 0.0269. The van der Waals surface area contributed by atoms with Gasteiger partial charge in [-0.15, -0.1) is 0 Å². The molecule has 1 aromatic carbocycles. The number of aromatic nitrogens is 1. The van der Waals surface area contributed by atoms with Gasteiger partial charge in [0.05, 0.1) is 18.0 Å². The van der Waals surface area contributed by atoms with Gasteiger partial charge in [0, 0.05) is 31.2 Å². The molecular formula is C22H27N3O3. The van der Waals surface area contributed by atoms with E-state index in [-0.39, 0.29) is 30.2 Å². The van der Waals surface area contributed by atoms with Crippen LogP contribution in [-0.2, 0) is 16.0 Å². The first-order valence-corrected chi connectivity index (χ1v) is 10.2. The van der Waals surface area contributed by atoms with Crippen molar-refractivity contribution in [3.8, 4) is 11.5 Å². The van der Waals surface area contributed by atoms with Crippen molar-refractivity contribution in [3.63, 3.8) is 0 Å². The first-order chi connectivity index (χ1) is 13.6. The largest absolute Gasteiger partial charge is 0.441 e. The molecule has 1 aromatic heterocycles. The summed E-state index contributed by atoms with van der Waals surface area (Å²) in [5.74, 6) is 1.40. The number of piperidine rings is 1. The van der Waals surface area contributed by atoms with Crippen LogP contribution >= 0.6 is 0 Å². The fraction of sp³-hybridized carbons (Fsp3) is 0.500. The number of benzene rings is 1. The molecule has 2 atom stereocenters. The molecule has 3 saturated heterocycles. The number of rotatable bonds is 5. The van der Waals surface area contributed by atoms with E-state index in [9.17, 15) is 9.59 Å². The number of carbonyl (C=O) groups is 2. The van der Waals surface area contributed by atoms with Crippen molar-refractivity contribution in [2.75, 3.05) is 19.6 Å². The van der Waals surface area contributed by atoms with Crippen LogP contribution < -0.4 is 0 Å². The highest BCUT2D eigenvalue weighted by molar-refractivity contribution is 5.84. The third-order valence-corrected chi connectivity index (χ3v) is 5.84. The van der Waals surface area contributed by atoms with Gasteiger partial charge >= 0.3 is 0 Å². The van der Waals surface area contributed by atoms with E-state index in [1.165, 1.54) is 0 Å². The van der Waals surface area contributed by atoms with Crippen LogP contribution in [0.2, 0.25) is 0 Å². The molecule has 2 unspecified atom stereocenters. The Morgan fingerprint density at radius 2 is 2.00 bits per heavy atom. The molecular weight excluding hydrogens is 354 g/mol. The molecule has 0 aliphatic carbocycles. The van der Waals surface area contributed by atoms with Gasteiger partial charge in [-0.05, 0) is 38.3 Å². The van der Waals surface area contributed by atoms with Crippen LogP contribution in [0.15, 0.2) is 34.7 Å². The van der Waals surface area contributed by atoms with Crippen molar-refractivity contribution in [2.45, 2.75) is 45.6 Å². The lowest BCUT2D eigenvalue weighted by Gasteiger charge is -2.35. The SMILES string of the molecule is CCCN1C(=O)C2CCC1CN(C(=O)Cc1nc(-c3ccccc3)oc1C)C2. The van der Waals surface area contributed by atoms with Gasteiger partial charge in [0.2, 0.25) is 17.7 Å². The minimum Gasteiger partial charge on any atom is -0.441 e. The Kier molecular flexibility index (Phi) is 5.20. The topological polar surface area (TPSA) is 66.7 Å². The lowest BCUT2D eigenvalue weighted by atomic mass is 9.94. The van der Waals surface area contributed by atoms with Gasteiger partial charge in [-0.3, -0.25) is 9.59 Å². The van der Waals surface area contributed by atoms with E-state index in [0.29, 0.717) is 30.4 Å². The average Bonchev–Trinajstić information content (AvgIpc) is 2.88. The quantitative estimate of drug-likeness (QED) is 0.798. The first-order valence-electron chi connectivity index (χ1n) is 10.2. The van der Waals surface area contributed by atoms with E-state index in [0.717, 1.165) is 31.4 Å². The van der Waals surface area contributed by atoms with E-state index in [2.05, 4.69) is 11.9 Å². The van der Waals surface area contributed by atoms with Gasteiger partial charge in [0.1, 0.15) is 5.76 Å². The zero-order valence-corrected chi connectivity index (χ0v) is 16.6. The summed E-state index contributed by atoms with van der Waals surface area (Å²) < 4.78 is 5.79. The minimum atomic E-state index is -0.0625. The Morgan fingerprint density at radius 3 is 2.75 bits per heavy atom. The number of hydrogen-bond donors (Lipinski definition) is 0. The zero-order valence-electron chi connectivity index (χ0n) is 16.6. The van der Waals surface area contributed by atoms with Gasteiger partial charge in [-0.1, -0.05) is 25.1 Å². The number of aryl methyl sites for hydroxylation is 1. The molecule has 3 aliphatic heterocycles. The molecule has 6 nitrogen and oxygen atoms in total. The highest BCUT2D eigenvalue weighted by Crippen LogP contribution is 2.30. The Morgan fingerprint density at radius 1 is 1.21 bits per heavy atom. The maximum Gasteiger partial charge on any atom is 0.228 e. The van der Waals surface area contributed by atoms with Crippen LogP contribution in [0.4, 0.5) is 0 Å². The van der Waals surface area contributed by atoms with Crippen LogP contribution in [0.25, 0.3) is 11.5 Å². The molecule has 0 spiro atoms. The normalized spacial score (nSPS) is 21.9. The molecule has 2 bridgehead atoms. The van der Waals surface area contributed by atoms with Gasteiger partial charge in [0.15, 0.2) is 0 Å². The predicted molar refractivity (Wildman–Crippen MR) is 105 cm³/mol. The van der Waals surface area contributed by atoms with Gasteiger partial charge in [-0.25, -0.2) is 4.98 Å². The average molecular weight is 381 g/mol. The second-order valence-corrected chi connectivity index (χ2v) is 7.82. The van der Waals surface area contributed by atoms with E-state index in [4.69, 9.17) is 4.42 Å². The maximum atomic E-state index is 13.0. The molecule has 148 valence electrons. The van der Waals surface area contributed by atoms with Gasteiger partial charge in [-0.2, -0.15) is 0 Å². The summed E-state index contributed by atoms with van der Waals surface area (Å²) in [7, 11) is 0. The van der Waals surface area contributed by atoms with E-state index in [1.54, 1.807) is 0 Å². The number of hydrogen-bond acceptors (Lipinski definition) is 4. The van der Waals surface area contributed by atoms with Crippen molar-refractivity contribution in [2.24, 2.45) is 5.92 Å². The lowest BCUT2D eigenvalue weighted by Crippen LogP contribution is -2.48. The number of nitrogens with zero attached hydrogens (tertiary/aromatic N) is 3. The van der Waals surface area contributed by atoms with Gasteiger partial charge < -0.3 is 14.2 Å². The summed E-state index contributed by atoms with van der Waals surface area (Å²) in [6.07, 6.45) is 3.03. The summed E-state index contributed by atoms with van der Waals surface area (Å²) in [5.41, 5.74) is 1.58. The van der Waals surface area contributed by atoms with E-state index >= 15 is 0 Å². The van der Waals surface area contributed by atoms with Crippen molar-refractivity contribution in [1.82, 2.24) is 14.8 Å². The molecule has 6 heteroatoms. The second kappa shape index (κ2) is 7.78. The molecule has 3 aliphatic rings. The fourth-order valence-electron chi connectivity index (χ4n) is 4.33. The van der Waals surface area contributed by atoms with Crippen molar-refractivity contribution >= 4 is 11.8 Å². The summed E-state index contributed by atoms with van der Waals surface area (Å²) in [6.45, 7) is 5.87. The van der Waals surface area contributed by atoms with Crippen LogP contribution in [0.3, 0.4) is 0 Å². The molecule has 0 radical (unpaired) electrons. The van der Waals surface area contributed by atoms with Gasteiger partial charge in [0.25, 0.3) is 0 Å². The van der Waals surface area contributed by atoms with E-state index in [1.807, 2.05) is 47.1 Å². The zero-order chi connectivity index (χ0) is 19.7. The monoisotopic (exact) mass is 381 g/mol. The number of oxazole rings is 1. The van der Waals surface area contributed by atoms with Crippen LogP contribution in [-0.4, -0.2) is 52.3 Å². The molecule has 28 heavy (non-hydrogen) atoms. The number of fused-ring (bicyclic) bond motifs is 4. The molecule has 5 rings (SSSR count). The highest BCUT2D eigenvalue weighted by Gasteiger charge is 2.41. The number of carbonyl (C=O) groups excluding carboxylic acids is 2.